The zero-order chi connectivity index (χ0) is 18.9. The molecule has 2 aromatic carbocycles. The van der Waals surface area contributed by atoms with E-state index in [1.165, 1.54) is 0 Å². The van der Waals surface area contributed by atoms with Crippen molar-refractivity contribution in [1.29, 1.82) is 0 Å². The van der Waals surface area contributed by atoms with Crippen LogP contribution in [0.25, 0.3) is 0 Å². The lowest BCUT2D eigenvalue weighted by molar-refractivity contribution is -0.124. The van der Waals surface area contributed by atoms with E-state index in [0.29, 0.717) is 10.8 Å². The number of rotatable bonds is 8. The third-order valence-electron chi connectivity index (χ3n) is 3.77. The van der Waals surface area contributed by atoms with Gasteiger partial charge in [0.2, 0.25) is 0 Å². The molecule has 0 unspecified atom stereocenters. The number of para-hydroxylation sites is 1. The van der Waals surface area contributed by atoms with Gasteiger partial charge in [-0.1, -0.05) is 42.8 Å². The molecule has 1 N–H and O–H groups in total. The SMILES string of the molecule is CC[C@H](C)NC(=O)COC(=O)c1ccccc1OCc1ccc(Cl)cc1. The summed E-state index contributed by atoms with van der Waals surface area (Å²) in [6.07, 6.45) is 0.807. The predicted molar refractivity (Wildman–Crippen MR) is 100 cm³/mol. The molecule has 1 atom stereocenters. The number of nitrogens with one attached hydrogen (secondary N) is 1. The molecule has 0 aliphatic carbocycles. The zero-order valence-electron chi connectivity index (χ0n) is 14.8. The summed E-state index contributed by atoms with van der Waals surface area (Å²) >= 11 is 5.86. The summed E-state index contributed by atoms with van der Waals surface area (Å²) in [5.41, 5.74) is 1.20. The molecular formula is C20H22ClNO4. The van der Waals surface area contributed by atoms with Crippen molar-refractivity contribution >= 4 is 23.5 Å². The van der Waals surface area contributed by atoms with Crippen LogP contribution in [-0.4, -0.2) is 24.5 Å². The van der Waals surface area contributed by atoms with Crippen molar-refractivity contribution in [2.45, 2.75) is 32.9 Å². The van der Waals surface area contributed by atoms with Gasteiger partial charge >= 0.3 is 5.97 Å². The molecule has 0 spiro atoms. The fourth-order valence-corrected chi connectivity index (χ4v) is 2.26. The van der Waals surface area contributed by atoms with Crippen molar-refractivity contribution in [3.8, 4) is 5.75 Å². The lowest BCUT2D eigenvalue weighted by Crippen LogP contribution is -2.35. The molecule has 0 saturated carbocycles. The van der Waals surface area contributed by atoms with E-state index in [4.69, 9.17) is 21.1 Å². The second-order valence-electron chi connectivity index (χ2n) is 5.86. The molecule has 5 nitrogen and oxygen atoms in total. The van der Waals surface area contributed by atoms with E-state index in [2.05, 4.69) is 5.32 Å². The molecule has 6 heteroatoms. The first kappa shape index (κ1) is 19.8. The number of esters is 1. The third kappa shape index (κ3) is 6.08. The number of carbonyl (C=O) groups excluding carboxylic acids is 2. The average Bonchev–Trinajstić information content (AvgIpc) is 2.65. The van der Waals surface area contributed by atoms with Crippen LogP contribution in [0.4, 0.5) is 0 Å². The van der Waals surface area contributed by atoms with E-state index in [1.807, 2.05) is 26.0 Å². The highest BCUT2D eigenvalue weighted by Gasteiger charge is 2.16. The van der Waals surface area contributed by atoms with Gasteiger partial charge in [-0.25, -0.2) is 4.79 Å². The maximum absolute atomic E-state index is 12.3. The minimum atomic E-state index is -0.601. The molecule has 0 aliphatic rings. The van der Waals surface area contributed by atoms with Gasteiger partial charge in [-0.2, -0.15) is 0 Å². The Hall–Kier alpha value is -2.53. The Kier molecular flexibility index (Phi) is 7.48. The van der Waals surface area contributed by atoms with E-state index in [1.54, 1.807) is 36.4 Å². The lowest BCUT2D eigenvalue weighted by atomic mass is 10.2. The van der Waals surface area contributed by atoms with Gasteiger partial charge < -0.3 is 14.8 Å². The second-order valence-corrected chi connectivity index (χ2v) is 6.30. The van der Waals surface area contributed by atoms with Crippen LogP contribution in [0.2, 0.25) is 5.02 Å². The molecule has 1 amide bonds. The fraction of sp³-hybridized carbons (Fsp3) is 0.300. The molecule has 0 fully saturated rings. The van der Waals surface area contributed by atoms with Crippen LogP contribution in [0.15, 0.2) is 48.5 Å². The van der Waals surface area contributed by atoms with E-state index < -0.39 is 5.97 Å². The summed E-state index contributed by atoms with van der Waals surface area (Å²) in [6, 6.07) is 14.1. The largest absolute Gasteiger partial charge is 0.488 e. The molecular weight excluding hydrogens is 354 g/mol. The number of amides is 1. The Balaban J connectivity index is 1.95. The Morgan fingerprint density at radius 3 is 2.50 bits per heavy atom. The van der Waals surface area contributed by atoms with Crippen LogP contribution >= 0.6 is 11.6 Å². The summed E-state index contributed by atoms with van der Waals surface area (Å²) in [5, 5.41) is 3.39. The van der Waals surface area contributed by atoms with E-state index in [0.717, 1.165) is 12.0 Å². The van der Waals surface area contributed by atoms with Gasteiger partial charge in [0.05, 0.1) is 0 Å². The highest BCUT2D eigenvalue weighted by molar-refractivity contribution is 6.30. The maximum atomic E-state index is 12.3. The fourth-order valence-electron chi connectivity index (χ4n) is 2.13. The minimum Gasteiger partial charge on any atom is -0.488 e. The highest BCUT2D eigenvalue weighted by Crippen LogP contribution is 2.21. The standard InChI is InChI=1S/C20H22ClNO4/c1-3-14(2)22-19(23)13-26-20(24)17-6-4-5-7-18(17)25-12-15-8-10-16(21)11-9-15/h4-11,14H,3,12-13H2,1-2H3,(H,22,23)/t14-/m0/s1. The van der Waals surface area contributed by atoms with Crippen molar-refractivity contribution in [1.82, 2.24) is 5.32 Å². The first-order valence-corrected chi connectivity index (χ1v) is 8.80. The van der Waals surface area contributed by atoms with Gasteiger partial charge in [-0.15, -0.1) is 0 Å². The smallest absolute Gasteiger partial charge is 0.342 e. The van der Waals surface area contributed by atoms with Crippen LogP contribution in [0.3, 0.4) is 0 Å². The normalized spacial score (nSPS) is 11.5. The third-order valence-corrected chi connectivity index (χ3v) is 4.02. The van der Waals surface area contributed by atoms with Gasteiger partial charge in [0.15, 0.2) is 6.61 Å². The lowest BCUT2D eigenvalue weighted by Gasteiger charge is -2.13. The molecule has 0 radical (unpaired) electrons. The first-order valence-electron chi connectivity index (χ1n) is 8.42. The van der Waals surface area contributed by atoms with Crippen molar-refractivity contribution in [3.05, 3.63) is 64.7 Å². The Morgan fingerprint density at radius 2 is 1.81 bits per heavy atom. The monoisotopic (exact) mass is 375 g/mol. The van der Waals surface area contributed by atoms with Gasteiger partial charge in [0.25, 0.3) is 5.91 Å². The molecule has 0 aromatic heterocycles. The van der Waals surface area contributed by atoms with Gasteiger partial charge in [-0.3, -0.25) is 4.79 Å². The Labute approximate surface area is 158 Å². The molecule has 0 bridgehead atoms. The summed E-state index contributed by atoms with van der Waals surface area (Å²) < 4.78 is 10.8. The number of benzene rings is 2. The Morgan fingerprint density at radius 1 is 1.12 bits per heavy atom. The van der Waals surface area contributed by atoms with Crippen LogP contribution in [0.5, 0.6) is 5.75 Å². The second kappa shape index (κ2) is 9.82. The zero-order valence-corrected chi connectivity index (χ0v) is 15.6. The Bertz CT molecular complexity index is 746. The van der Waals surface area contributed by atoms with Crippen molar-refractivity contribution in [2.24, 2.45) is 0 Å². The summed E-state index contributed by atoms with van der Waals surface area (Å²) in [5.74, 6) is -0.530. The highest BCUT2D eigenvalue weighted by atomic mass is 35.5. The predicted octanol–water partition coefficient (Wildman–Crippen LogP) is 3.99. The first-order chi connectivity index (χ1) is 12.5. The molecule has 138 valence electrons. The van der Waals surface area contributed by atoms with Crippen molar-refractivity contribution in [3.63, 3.8) is 0 Å². The number of hydrogen-bond acceptors (Lipinski definition) is 4. The number of carbonyl (C=O) groups is 2. The topological polar surface area (TPSA) is 64.6 Å². The van der Waals surface area contributed by atoms with Crippen molar-refractivity contribution < 1.29 is 19.1 Å². The molecule has 0 aliphatic heterocycles. The maximum Gasteiger partial charge on any atom is 0.342 e. The molecule has 26 heavy (non-hydrogen) atoms. The number of hydrogen-bond donors (Lipinski definition) is 1. The van der Waals surface area contributed by atoms with Gasteiger partial charge in [-0.05, 0) is 43.2 Å². The van der Waals surface area contributed by atoms with E-state index in [-0.39, 0.29) is 30.7 Å². The van der Waals surface area contributed by atoms with Crippen LogP contribution < -0.4 is 10.1 Å². The number of ether oxygens (including phenoxy) is 2. The van der Waals surface area contributed by atoms with Gasteiger partial charge in [0.1, 0.15) is 17.9 Å². The summed E-state index contributed by atoms with van der Waals surface area (Å²) in [6.45, 7) is 3.81. The quantitative estimate of drug-likeness (QED) is 0.708. The van der Waals surface area contributed by atoms with Gasteiger partial charge in [0, 0.05) is 11.1 Å². The molecule has 0 heterocycles. The van der Waals surface area contributed by atoms with Crippen molar-refractivity contribution in [2.75, 3.05) is 6.61 Å². The van der Waals surface area contributed by atoms with E-state index >= 15 is 0 Å². The summed E-state index contributed by atoms with van der Waals surface area (Å²) in [7, 11) is 0. The van der Waals surface area contributed by atoms with E-state index in [9.17, 15) is 9.59 Å². The molecule has 2 aromatic rings. The average molecular weight is 376 g/mol. The van der Waals surface area contributed by atoms with Crippen LogP contribution in [0.1, 0.15) is 36.2 Å². The number of halogens is 1. The van der Waals surface area contributed by atoms with Crippen LogP contribution in [-0.2, 0) is 16.1 Å². The van der Waals surface area contributed by atoms with Crippen LogP contribution in [0, 0.1) is 0 Å². The molecule has 0 saturated heterocycles. The molecule has 2 rings (SSSR count). The summed E-state index contributed by atoms with van der Waals surface area (Å²) in [4.78, 5) is 24.0. The minimum absolute atomic E-state index is 0.0381.